The van der Waals surface area contributed by atoms with E-state index in [2.05, 4.69) is 16.0 Å². The van der Waals surface area contributed by atoms with E-state index in [1.165, 1.54) is 12.1 Å². The number of ether oxygens (including phenoxy) is 1. The molecular weight excluding hydrogens is 488 g/mol. The molecule has 10 nitrogen and oxygen atoms in total. The highest BCUT2D eigenvalue weighted by atomic mass is 16.5. The van der Waals surface area contributed by atoms with Crippen LogP contribution < -0.4 is 21.7 Å². The number of aryl methyl sites for hydroxylation is 1. The van der Waals surface area contributed by atoms with Crippen molar-refractivity contribution >= 4 is 23.6 Å². The maximum atomic E-state index is 12.5. The number of carbonyl (C=O) groups is 4. The van der Waals surface area contributed by atoms with Gasteiger partial charge in [-0.1, -0.05) is 54.1 Å². The molecule has 0 aliphatic carbocycles. The number of carbonyl (C=O) groups excluding carboxylic acids is 4. The number of benzene rings is 2. The van der Waals surface area contributed by atoms with Crippen LogP contribution in [0.5, 0.6) is 0 Å². The standard InChI is InChI=1S/C28H28N4O6/c1-17-2-4-18(5-3-17)14-30-27(35)23-12-13-24(38-23)28(36)32-16-20-8-6-19(7-9-20)15-31-26(34)22-11-10-21(37-22)25(29)33/h2-12,24H,13-16H2,1H3,(H2,29,33)(H,30,35)(H,31,34)(H,32,36). The van der Waals surface area contributed by atoms with Gasteiger partial charge in [0.2, 0.25) is 0 Å². The average molecular weight is 517 g/mol. The number of primary amides is 1. The van der Waals surface area contributed by atoms with E-state index in [1.807, 2.05) is 55.5 Å². The summed E-state index contributed by atoms with van der Waals surface area (Å²) in [6, 6.07) is 17.9. The zero-order chi connectivity index (χ0) is 27.1. The summed E-state index contributed by atoms with van der Waals surface area (Å²) in [4.78, 5) is 48.2. The van der Waals surface area contributed by atoms with Crippen molar-refractivity contribution in [3.05, 3.63) is 106 Å². The summed E-state index contributed by atoms with van der Waals surface area (Å²) in [5, 5.41) is 8.32. The van der Waals surface area contributed by atoms with Gasteiger partial charge < -0.3 is 30.8 Å². The zero-order valence-electron chi connectivity index (χ0n) is 20.8. The fourth-order valence-corrected chi connectivity index (χ4v) is 3.69. The molecule has 10 heteroatoms. The van der Waals surface area contributed by atoms with Crippen molar-refractivity contribution in [1.29, 1.82) is 0 Å². The van der Waals surface area contributed by atoms with Gasteiger partial charge in [0.1, 0.15) is 0 Å². The predicted molar refractivity (Wildman–Crippen MR) is 137 cm³/mol. The van der Waals surface area contributed by atoms with Crippen LogP contribution in [0.25, 0.3) is 0 Å². The van der Waals surface area contributed by atoms with E-state index in [1.54, 1.807) is 6.08 Å². The molecule has 38 heavy (non-hydrogen) atoms. The molecule has 5 N–H and O–H groups in total. The Morgan fingerprint density at radius 2 is 1.29 bits per heavy atom. The first-order chi connectivity index (χ1) is 18.3. The third-order valence-electron chi connectivity index (χ3n) is 5.89. The van der Waals surface area contributed by atoms with Gasteiger partial charge in [-0.05, 0) is 41.8 Å². The summed E-state index contributed by atoms with van der Waals surface area (Å²) >= 11 is 0. The minimum atomic E-state index is -0.763. The molecule has 2 aromatic carbocycles. The van der Waals surface area contributed by atoms with Crippen LogP contribution in [0.15, 0.2) is 76.9 Å². The largest absolute Gasteiger partial charge is 0.475 e. The van der Waals surface area contributed by atoms with Crippen molar-refractivity contribution < 1.29 is 28.3 Å². The minimum Gasteiger partial charge on any atom is -0.475 e. The first kappa shape index (κ1) is 26.2. The maximum Gasteiger partial charge on any atom is 0.287 e. The highest BCUT2D eigenvalue weighted by Gasteiger charge is 2.28. The van der Waals surface area contributed by atoms with Crippen molar-refractivity contribution in [3.8, 4) is 0 Å². The molecule has 1 aliphatic heterocycles. The van der Waals surface area contributed by atoms with E-state index in [9.17, 15) is 19.2 Å². The second-order valence-electron chi connectivity index (χ2n) is 8.82. The second-order valence-corrected chi connectivity index (χ2v) is 8.82. The Morgan fingerprint density at radius 3 is 1.87 bits per heavy atom. The van der Waals surface area contributed by atoms with E-state index < -0.39 is 17.9 Å². The van der Waals surface area contributed by atoms with Gasteiger partial charge in [-0.25, -0.2) is 0 Å². The van der Waals surface area contributed by atoms with Crippen molar-refractivity contribution in [1.82, 2.24) is 16.0 Å². The number of hydrogen-bond acceptors (Lipinski definition) is 6. The van der Waals surface area contributed by atoms with Crippen LogP contribution in [0.3, 0.4) is 0 Å². The molecule has 0 radical (unpaired) electrons. The van der Waals surface area contributed by atoms with Crippen LogP contribution in [0.1, 0.15) is 49.8 Å². The molecular formula is C28H28N4O6. The van der Waals surface area contributed by atoms with Gasteiger partial charge in [0, 0.05) is 26.1 Å². The summed E-state index contributed by atoms with van der Waals surface area (Å²) in [5.74, 6) is -1.84. The van der Waals surface area contributed by atoms with E-state index in [-0.39, 0.29) is 42.2 Å². The van der Waals surface area contributed by atoms with Gasteiger partial charge in [0.05, 0.1) is 0 Å². The number of furan rings is 1. The molecule has 1 unspecified atom stereocenters. The van der Waals surface area contributed by atoms with Crippen molar-refractivity contribution in [2.45, 2.75) is 39.1 Å². The Labute approximate surface area is 219 Å². The van der Waals surface area contributed by atoms with Gasteiger partial charge in [-0.3, -0.25) is 19.2 Å². The Morgan fingerprint density at radius 1 is 0.763 bits per heavy atom. The van der Waals surface area contributed by atoms with E-state index in [0.29, 0.717) is 13.0 Å². The predicted octanol–water partition coefficient (Wildman–Crippen LogP) is 2.22. The fourth-order valence-electron chi connectivity index (χ4n) is 3.69. The third kappa shape index (κ3) is 6.88. The Hall–Kier alpha value is -4.86. The SMILES string of the molecule is Cc1ccc(CNC(=O)C2=CCC(C(=O)NCc3ccc(CNC(=O)c4ccc(C(N)=O)o4)cc3)O2)cc1. The Bertz CT molecular complexity index is 1360. The van der Waals surface area contributed by atoms with E-state index in [0.717, 1.165) is 22.3 Å². The number of nitrogens with one attached hydrogen (secondary N) is 3. The van der Waals surface area contributed by atoms with Crippen LogP contribution >= 0.6 is 0 Å². The number of rotatable bonds is 10. The second kappa shape index (κ2) is 11.9. The molecule has 3 aromatic rings. The molecule has 1 atom stereocenters. The first-order valence-electron chi connectivity index (χ1n) is 12.0. The fraction of sp³-hybridized carbons (Fsp3) is 0.214. The van der Waals surface area contributed by atoms with Gasteiger partial charge in [0.15, 0.2) is 23.4 Å². The van der Waals surface area contributed by atoms with Gasteiger partial charge >= 0.3 is 0 Å². The highest BCUT2D eigenvalue weighted by molar-refractivity contribution is 5.95. The number of hydrogen-bond donors (Lipinski definition) is 4. The Kier molecular flexibility index (Phi) is 8.22. The molecule has 4 amide bonds. The molecule has 0 saturated carbocycles. The number of nitrogens with two attached hydrogens (primary N) is 1. The maximum absolute atomic E-state index is 12.5. The highest BCUT2D eigenvalue weighted by Crippen LogP contribution is 2.18. The molecule has 0 spiro atoms. The quantitative estimate of drug-likeness (QED) is 0.324. The molecule has 1 aromatic heterocycles. The van der Waals surface area contributed by atoms with Gasteiger partial charge in [-0.2, -0.15) is 0 Å². The van der Waals surface area contributed by atoms with Gasteiger partial charge in [0.25, 0.3) is 23.6 Å². The summed E-state index contributed by atoms with van der Waals surface area (Å²) in [6.07, 6.45) is 1.17. The Balaban J connectivity index is 1.17. The summed E-state index contributed by atoms with van der Waals surface area (Å²) in [7, 11) is 0. The van der Waals surface area contributed by atoms with E-state index in [4.69, 9.17) is 14.9 Å². The summed E-state index contributed by atoms with van der Waals surface area (Å²) in [5.41, 5.74) is 8.92. The summed E-state index contributed by atoms with van der Waals surface area (Å²) in [6.45, 7) is 2.89. The summed E-state index contributed by atoms with van der Waals surface area (Å²) < 4.78 is 10.7. The molecule has 0 saturated heterocycles. The lowest BCUT2D eigenvalue weighted by Crippen LogP contribution is -2.35. The smallest absolute Gasteiger partial charge is 0.287 e. The molecule has 2 heterocycles. The molecule has 0 bridgehead atoms. The first-order valence-corrected chi connectivity index (χ1v) is 12.0. The topological polar surface area (TPSA) is 153 Å². The number of amides is 4. The lowest BCUT2D eigenvalue weighted by molar-refractivity contribution is -0.131. The monoisotopic (exact) mass is 516 g/mol. The molecule has 1 aliphatic rings. The van der Waals surface area contributed by atoms with Crippen LogP contribution in [0.2, 0.25) is 0 Å². The average Bonchev–Trinajstić information content (AvgIpc) is 3.61. The normalized spacial score (nSPS) is 14.2. The van der Waals surface area contributed by atoms with E-state index >= 15 is 0 Å². The van der Waals surface area contributed by atoms with Crippen molar-refractivity contribution in [3.63, 3.8) is 0 Å². The minimum absolute atomic E-state index is 0.00587. The van der Waals surface area contributed by atoms with Gasteiger partial charge in [-0.15, -0.1) is 0 Å². The van der Waals surface area contributed by atoms with Crippen molar-refractivity contribution in [2.24, 2.45) is 5.73 Å². The zero-order valence-corrected chi connectivity index (χ0v) is 20.8. The molecule has 196 valence electrons. The van der Waals surface area contributed by atoms with Crippen LogP contribution in [-0.4, -0.2) is 29.7 Å². The lowest BCUT2D eigenvalue weighted by atomic mass is 10.1. The van der Waals surface area contributed by atoms with Crippen LogP contribution in [0, 0.1) is 6.92 Å². The molecule has 0 fully saturated rings. The van der Waals surface area contributed by atoms with Crippen LogP contribution in [0.4, 0.5) is 0 Å². The lowest BCUT2D eigenvalue weighted by Gasteiger charge is -2.14. The van der Waals surface area contributed by atoms with Crippen LogP contribution in [-0.2, 0) is 34.0 Å². The molecule has 4 rings (SSSR count). The third-order valence-corrected chi connectivity index (χ3v) is 5.89. The van der Waals surface area contributed by atoms with Crippen molar-refractivity contribution in [2.75, 3.05) is 0 Å².